The maximum Gasteiger partial charge on any atom is 0.294 e. The van der Waals surface area contributed by atoms with Gasteiger partial charge in [0.1, 0.15) is 0 Å². The van der Waals surface area contributed by atoms with E-state index in [4.69, 9.17) is 4.74 Å². The van der Waals surface area contributed by atoms with Crippen molar-refractivity contribution < 1.29 is 18.3 Å². The van der Waals surface area contributed by atoms with Crippen molar-refractivity contribution in [1.82, 2.24) is 4.98 Å². The van der Waals surface area contributed by atoms with E-state index < -0.39 is 12.2 Å². The Balaban J connectivity index is 2.26. The van der Waals surface area contributed by atoms with Gasteiger partial charge in [-0.15, -0.1) is 0 Å². The van der Waals surface area contributed by atoms with Crippen LogP contribution in [-0.2, 0) is 16.1 Å². The average Bonchev–Trinajstić information content (AvgIpc) is 2.81. The summed E-state index contributed by atoms with van der Waals surface area (Å²) in [4.78, 5) is 23.5. The van der Waals surface area contributed by atoms with E-state index in [1.54, 1.807) is 17.0 Å². The van der Waals surface area contributed by atoms with Crippen molar-refractivity contribution in [2.75, 3.05) is 11.9 Å². The number of benzene rings is 1. The fraction of sp³-hybridized carbons (Fsp3) is 0.400. The normalized spacial score (nSPS) is 11.7. The molecule has 2 rings (SSSR count). The van der Waals surface area contributed by atoms with Gasteiger partial charge in [-0.25, -0.2) is 8.78 Å². The van der Waals surface area contributed by atoms with Crippen molar-refractivity contribution in [1.29, 1.82) is 0 Å². The summed E-state index contributed by atoms with van der Waals surface area (Å²) in [5, 5.41) is 0. The summed E-state index contributed by atoms with van der Waals surface area (Å²) < 4.78 is 30.5. The van der Waals surface area contributed by atoms with Crippen molar-refractivity contribution in [3.8, 4) is 0 Å². The van der Waals surface area contributed by atoms with Gasteiger partial charge in [-0.2, -0.15) is 0 Å². The lowest BCUT2D eigenvalue weighted by Gasteiger charge is -2.27. The molecule has 0 aliphatic rings. The third-order valence-electron chi connectivity index (χ3n) is 5.02. The molecule has 0 atom stereocenters. The number of ether oxygens (including phenoxy) is 1. The lowest BCUT2D eigenvalue weighted by Crippen LogP contribution is -2.36. The van der Waals surface area contributed by atoms with Crippen LogP contribution in [0.3, 0.4) is 0 Å². The summed E-state index contributed by atoms with van der Waals surface area (Å²) >= 11 is 0. The number of carbonyl (C=O) groups excluding carboxylic acids is 1. The second kappa shape index (κ2) is 12.7. The molecule has 0 radical (unpaired) electrons. The smallest absolute Gasteiger partial charge is 0.294 e. The molecule has 0 spiro atoms. The molecule has 1 heterocycles. The average molecular weight is 444 g/mol. The van der Waals surface area contributed by atoms with E-state index in [1.165, 1.54) is 13.2 Å². The molecule has 0 aliphatic heterocycles. The SMILES string of the molecule is C=C(O/C(=N\C)c1ccc(CN(C(=O)C(CCC)CCC)c2ccccc2)nc1)C(F)F. The number of anilines is 1. The molecule has 0 bridgehead atoms. The third-order valence-corrected chi connectivity index (χ3v) is 5.02. The lowest BCUT2D eigenvalue weighted by molar-refractivity contribution is -0.123. The first-order valence-corrected chi connectivity index (χ1v) is 10.8. The van der Waals surface area contributed by atoms with Gasteiger partial charge in [0.25, 0.3) is 6.43 Å². The number of rotatable bonds is 11. The van der Waals surface area contributed by atoms with Crippen LogP contribution < -0.4 is 4.90 Å². The Morgan fingerprint density at radius 3 is 2.28 bits per heavy atom. The van der Waals surface area contributed by atoms with Crippen LogP contribution in [-0.4, -0.2) is 30.3 Å². The topological polar surface area (TPSA) is 54.8 Å². The van der Waals surface area contributed by atoms with Gasteiger partial charge in [0.05, 0.1) is 17.8 Å². The molecule has 1 aromatic carbocycles. The number of carbonyl (C=O) groups is 1. The number of hydrogen-bond acceptors (Lipinski definition) is 4. The zero-order valence-electron chi connectivity index (χ0n) is 18.9. The first-order valence-electron chi connectivity index (χ1n) is 10.8. The minimum atomic E-state index is -2.80. The highest BCUT2D eigenvalue weighted by atomic mass is 19.3. The number of halogens is 2. The minimum Gasteiger partial charge on any atom is -0.438 e. The lowest BCUT2D eigenvalue weighted by atomic mass is 9.96. The molecule has 0 N–H and O–H groups in total. The van der Waals surface area contributed by atoms with E-state index >= 15 is 0 Å². The van der Waals surface area contributed by atoms with E-state index in [0.29, 0.717) is 17.8 Å². The van der Waals surface area contributed by atoms with Crippen LogP contribution in [0.5, 0.6) is 0 Å². The molecule has 0 aliphatic carbocycles. The molecule has 2 aromatic rings. The van der Waals surface area contributed by atoms with Gasteiger partial charge in [0, 0.05) is 24.8 Å². The van der Waals surface area contributed by atoms with Crippen LogP contribution in [0.4, 0.5) is 14.5 Å². The van der Waals surface area contributed by atoms with Gasteiger partial charge in [0.15, 0.2) is 5.76 Å². The van der Waals surface area contributed by atoms with Crippen LogP contribution in [0.2, 0.25) is 0 Å². The molecule has 1 aromatic heterocycles. The highest BCUT2D eigenvalue weighted by molar-refractivity contribution is 5.95. The van der Waals surface area contributed by atoms with Gasteiger partial charge < -0.3 is 9.64 Å². The molecular formula is C25H31F2N3O2. The number of alkyl halides is 2. The highest BCUT2D eigenvalue weighted by Gasteiger charge is 2.25. The number of amides is 1. The Morgan fingerprint density at radius 2 is 1.78 bits per heavy atom. The summed E-state index contributed by atoms with van der Waals surface area (Å²) in [6.07, 6.45) is 2.25. The van der Waals surface area contributed by atoms with E-state index in [0.717, 1.165) is 31.4 Å². The molecule has 1 amide bonds. The standard InChI is InChI=1S/C25H31F2N3O2/c1-5-10-19(11-6-2)25(31)30(22-12-8-7-9-13-22)17-21-15-14-20(16-29-21)24(28-4)32-18(3)23(26)27/h7-9,12-16,19,23H,3,5-6,10-11,17H2,1-2,4H3/b28-24-. The molecule has 7 heteroatoms. The first-order chi connectivity index (χ1) is 15.4. The molecule has 0 fully saturated rings. The van der Waals surface area contributed by atoms with E-state index in [-0.39, 0.29) is 17.7 Å². The number of para-hydroxylation sites is 1. The van der Waals surface area contributed by atoms with Crippen LogP contribution in [0.25, 0.3) is 0 Å². The molecule has 0 unspecified atom stereocenters. The predicted molar refractivity (Wildman–Crippen MR) is 124 cm³/mol. The molecule has 172 valence electrons. The summed E-state index contributed by atoms with van der Waals surface area (Å²) in [5.74, 6) is -0.625. The van der Waals surface area contributed by atoms with Gasteiger partial charge in [-0.3, -0.25) is 14.8 Å². The largest absolute Gasteiger partial charge is 0.438 e. The monoisotopic (exact) mass is 443 g/mol. The van der Waals surface area contributed by atoms with Gasteiger partial charge >= 0.3 is 0 Å². The molecule has 32 heavy (non-hydrogen) atoms. The quantitative estimate of drug-likeness (QED) is 0.243. The third kappa shape index (κ3) is 6.97. The number of aliphatic imine (C=N–C) groups is 1. The Kier molecular flexibility index (Phi) is 9.98. The Morgan fingerprint density at radius 1 is 1.12 bits per heavy atom. The van der Waals surface area contributed by atoms with Crippen LogP contribution in [0.15, 0.2) is 66.0 Å². The van der Waals surface area contributed by atoms with Crippen LogP contribution in [0, 0.1) is 5.92 Å². The fourth-order valence-corrected chi connectivity index (χ4v) is 3.42. The zero-order valence-corrected chi connectivity index (χ0v) is 18.9. The fourth-order valence-electron chi connectivity index (χ4n) is 3.42. The van der Waals surface area contributed by atoms with Crippen molar-refractivity contribution in [3.63, 3.8) is 0 Å². The molecular weight excluding hydrogens is 412 g/mol. The Hall–Kier alpha value is -3.09. The molecule has 5 nitrogen and oxygen atoms in total. The maximum atomic E-state index is 13.4. The van der Waals surface area contributed by atoms with Crippen molar-refractivity contribution >= 4 is 17.5 Å². The van der Waals surface area contributed by atoms with Crippen LogP contribution >= 0.6 is 0 Å². The summed E-state index contributed by atoms with van der Waals surface area (Å²) in [6, 6.07) is 13.0. The zero-order chi connectivity index (χ0) is 23.5. The summed E-state index contributed by atoms with van der Waals surface area (Å²) in [5.41, 5.74) is 1.93. The van der Waals surface area contributed by atoms with Crippen molar-refractivity contribution in [3.05, 3.63) is 72.3 Å². The van der Waals surface area contributed by atoms with Gasteiger partial charge in [-0.05, 0) is 37.1 Å². The second-order valence-electron chi connectivity index (χ2n) is 7.47. The minimum absolute atomic E-state index is 0.0105. The summed E-state index contributed by atoms with van der Waals surface area (Å²) in [7, 11) is 1.44. The van der Waals surface area contributed by atoms with E-state index in [2.05, 4.69) is 30.4 Å². The van der Waals surface area contributed by atoms with Crippen LogP contribution in [0.1, 0.15) is 50.8 Å². The van der Waals surface area contributed by atoms with Gasteiger partial charge in [0.2, 0.25) is 11.8 Å². The second-order valence-corrected chi connectivity index (χ2v) is 7.47. The van der Waals surface area contributed by atoms with E-state index in [1.807, 2.05) is 30.3 Å². The number of pyridine rings is 1. The maximum absolute atomic E-state index is 13.4. The van der Waals surface area contributed by atoms with E-state index in [9.17, 15) is 13.6 Å². The number of aromatic nitrogens is 1. The highest BCUT2D eigenvalue weighted by Crippen LogP contribution is 2.24. The Bertz CT molecular complexity index is 893. The van der Waals surface area contributed by atoms with Gasteiger partial charge in [-0.1, -0.05) is 51.5 Å². The molecule has 0 saturated carbocycles. The number of hydrogen-bond donors (Lipinski definition) is 0. The predicted octanol–water partition coefficient (Wildman–Crippen LogP) is 6.00. The number of allylic oxidation sites excluding steroid dienone is 1. The molecule has 0 saturated heterocycles. The Labute approximate surface area is 188 Å². The summed E-state index contributed by atoms with van der Waals surface area (Å²) in [6.45, 7) is 7.68. The van der Waals surface area contributed by atoms with Crippen molar-refractivity contribution in [2.24, 2.45) is 10.9 Å². The van der Waals surface area contributed by atoms with Crippen molar-refractivity contribution in [2.45, 2.75) is 52.5 Å². The number of nitrogens with zero attached hydrogens (tertiary/aromatic N) is 3. The first kappa shape index (κ1) is 25.2.